The summed E-state index contributed by atoms with van der Waals surface area (Å²) in [6.45, 7) is 6.39. The minimum absolute atomic E-state index is 0.0342. The Labute approximate surface area is 230 Å². The van der Waals surface area contributed by atoms with E-state index < -0.39 is 0 Å². The molecule has 1 aliphatic carbocycles. The van der Waals surface area contributed by atoms with Crippen molar-refractivity contribution in [1.82, 2.24) is 4.90 Å². The summed E-state index contributed by atoms with van der Waals surface area (Å²) < 4.78 is 5.95. The molecule has 38 heavy (non-hydrogen) atoms. The number of methoxy groups -OCH3 is 1. The van der Waals surface area contributed by atoms with Gasteiger partial charge in [-0.25, -0.2) is 0 Å². The van der Waals surface area contributed by atoms with E-state index in [0.717, 1.165) is 25.9 Å². The molecule has 0 radical (unpaired) electrons. The first-order valence-corrected chi connectivity index (χ1v) is 13.9. The molecule has 0 saturated carbocycles. The number of rotatable bonds is 8. The zero-order valence-corrected chi connectivity index (χ0v) is 23.2. The SMILES string of the molecule is C#CC=C=C/C1=C(\C)N(C/C=C/c2ccccc2CC(OC)c2ccccc2C)CC2CCC=CC2CC1. The fourth-order valence-electron chi connectivity index (χ4n) is 5.87. The second kappa shape index (κ2) is 13.9. The van der Waals surface area contributed by atoms with Gasteiger partial charge in [0, 0.05) is 38.4 Å². The van der Waals surface area contributed by atoms with Crippen LogP contribution in [0.2, 0.25) is 0 Å². The van der Waals surface area contributed by atoms with E-state index in [1.165, 1.54) is 52.8 Å². The van der Waals surface area contributed by atoms with Crippen LogP contribution in [0.4, 0.5) is 0 Å². The lowest BCUT2D eigenvalue weighted by Crippen LogP contribution is -2.34. The van der Waals surface area contributed by atoms with Crippen molar-refractivity contribution < 1.29 is 4.74 Å². The van der Waals surface area contributed by atoms with E-state index in [2.05, 4.69) is 109 Å². The van der Waals surface area contributed by atoms with Crippen molar-refractivity contribution in [2.75, 3.05) is 20.2 Å². The number of terminal acetylenes is 1. The first-order chi connectivity index (χ1) is 18.6. The number of allylic oxidation sites excluding steroid dienone is 5. The predicted molar refractivity (Wildman–Crippen MR) is 160 cm³/mol. The molecule has 1 heterocycles. The van der Waals surface area contributed by atoms with Crippen molar-refractivity contribution in [1.29, 1.82) is 0 Å². The Morgan fingerprint density at radius 1 is 1.11 bits per heavy atom. The van der Waals surface area contributed by atoms with Gasteiger partial charge < -0.3 is 9.64 Å². The maximum Gasteiger partial charge on any atom is 0.0864 e. The summed E-state index contributed by atoms with van der Waals surface area (Å²) in [7, 11) is 1.81. The van der Waals surface area contributed by atoms with Gasteiger partial charge in [-0.15, -0.1) is 12.2 Å². The van der Waals surface area contributed by atoms with Crippen LogP contribution in [0.3, 0.4) is 0 Å². The molecule has 0 amide bonds. The summed E-state index contributed by atoms with van der Waals surface area (Å²) in [6.07, 6.45) is 24.2. The largest absolute Gasteiger partial charge is 0.376 e. The molecule has 0 N–H and O–H groups in total. The standard InChI is InChI=1S/C36H41NO/c1-5-6-7-16-30-23-24-32-18-10-12-20-34(32)27-37(29(30)3)25-14-21-31-17-9-11-19-33(31)26-36(38-4)35-22-13-8-15-28(35)2/h1,6,8-11,13-19,21-22,32,34,36H,12,20,23-27H2,2-4H3/b21-14+,30-29-. The van der Waals surface area contributed by atoms with E-state index in [0.29, 0.717) is 11.8 Å². The second-order valence-corrected chi connectivity index (χ2v) is 10.5. The number of benzene rings is 2. The fourth-order valence-corrected chi connectivity index (χ4v) is 5.87. The molecule has 2 nitrogen and oxygen atoms in total. The maximum absolute atomic E-state index is 5.95. The molecule has 2 aromatic rings. The smallest absolute Gasteiger partial charge is 0.0864 e. The van der Waals surface area contributed by atoms with E-state index in [4.69, 9.17) is 11.2 Å². The molecule has 2 aromatic carbocycles. The maximum atomic E-state index is 5.95. The quantitative estimate of drug-likeness (QED) is 0.204. The third-order valence-electron chi connectivity index (χ3n) is 8.16. The zero-order valence-electron chi connectivity index (χ0n) is 23.2. The number of fused-ring (bicyclic) bond motifs is 1. The molecule has 3 atom stereocenters. The first kappa shape index (κ1) is 27.5. The molecule has 0 spiro atoms. The molecule has 0 bridgehead atoms. The Kier molecular flexibility index (Phi) is 10.1. The topological polar surface area (TPSA) is 12.5 Å². The van der Waals surface area contributed by atoms with Crippen LogP contribution in [0.5, 0.6) is 0 Å². The summed E-state index contributed by atoms with van der Waals surface area (Å²) in [5.74, 6) is 3.92. The average Bonchev–Trinajstić information content (AvgIpc) is 2.94. The van der Waals surface area contributed by atoms with Crippen LogP contribution in [0.15, 0.2) is 95.9 Å². The molecule has 2 aliphatic rings. The van der Waals surface area contributed by atoms with Gasteiger partial charge in [-0.2, -0.15) is 0 Å². The molecule has 3 unspecified atom stereocenters. The monoisotopic (exact) mass is 503 g/mol. The molecular weight excluding hydrogens is 462 g/mol. The number of hydrogen-bond acceptors (Lipinski definition) is 2. The van der Waals surface area contributed by atoms with Crippen LogP contribution < -0.4 is 0 Å². The van der Waals surface area contributed by atoms with Crippen LogP contribution in [0.1, 0.15) is 61.0 Å². The number of ether oxygens (including phenoxy) is 1. The third-order valence-corrected chi connectivity index (χ3v) is 8.16. The Morgan fingerprint density at radius 2 is 1.92 bits per heavy atom. The van der Waals surface area contributed by atoms with Gasteiger partial charge in [0.1, 0.15) is 0 Å². The van der Waals surface area contributed by atoms with Crippen LogP contribution in [-0.2, 0) is 11.2 Å². The Bertz CT molecular complexity index is 1280. The molecule has 0 aromatic heterocycles. The van der Waals surface area contributed by atoms with Gasteiger partial charge in [0.05, 0.1) is 6.10 Å². The van der Waals surface area contributed by atoms with Gasteiger partial charge in [0.25, 0.3) is 0 Å². The molecule has 0 fully saturated rings. The number of nitrogens with zero attached hydrogens (tertiary/aromatic N) is 1. The summed E-state index contributed by atoms with van der Waals surface area (Å²) in [5.41, 5.74) is 11.0. The molecule has 0 saturated heterocycles. The van der Waals surface area contributed by atoms with Crippen LogP contribution in [0.25, 0.3) is 6.08 Å². The van der Waals surface area contributed by atoms with Crippen LogP contribution in [0, 0.1) is 31.1 Å². The normalized spacial score (nSPS) is 22.1. The van der Waals surface area contributed by atoms with Gasteiger partial charge in [-0.05, 0) is 85.3 Å². The van der Waals surface area contributed by atoms with Gasteiger partial charge in [0.15, 0.2) is 0 Å². The molecular formula is C36H41NO. The van der Waals surface area contributed by atoms with Crippen molar-refractivity contribution in [2.24, 2.45) is 11.8 Å². The zero-order chi connectivity index (χ0) is 26.7. The second-order valence-electron chi connectivity index (χ2n) is 10.5. The van der Waals surface area contributed by atoms with Gasteiger partial charge in [-0.1, -0.05) is 78.8 Å². The summed E-state index contributed by atoms with van der Waals surface area (Å²) in [5, 5.41) is 0. The highest BCUT2D eigenvalue weighted by Crippen LogP contribution is 2.35. The number of hydrogen-bond donors (Lipinski definition) is 0. The van der Waals surface area contributed by atoms with Crippen molar-refractivity contribution >= 4 is 6.08 Å². The lowest BCUT2D eigenvalue weighted by molar-refractivity contribution is 0.103. The van der Waals surface area contributed by atoms with E-state index in [1.54, 1.807) is 6.08 Å². The van der Waals surface area contributed by atoms with E-state index in [1.807, 2.05) is 7.11 Å². The number of aryl methyl sites for hydroxylation is 1. The highest BCUT2D eigenvalue weighted by Gasteiger charge is 2.27. The molecule has 196 valence electrons. The van der Waals surface area contributed by atoms with Crippen molar-refractivity contribution in [3.63, 3.8) is 0 Å². The van der Waals surface area contributed by atoms with Crippen molar-refractivity contribution in [3.05, 3.63) is 118 Å². The molecule has 4 rings (SSSR count). The van der Waals surface area contributed by atoms with E-state index in [9.17, 15) is 0 Å². The lowest BCUT2D eigenvalue weighted by atomic mass is 9.79. The highest BCUT2D eigenvalue weighted by molar-refractivity contribution is 5.54. The van der Waals surface area contributed by atoms with E-state index in [-0.39, 0.29) is 6.10 Å². The Morgan fingerprint density at radius 3 is 2.74 bits per heavy atom. The minimum atomic E-state index is 0.0342. The highest BCUT2D eigenvalue weighted by atomic mass is 16.5. The van der Waals surface area contributed by atoms with Crippen LogP contribution in [-0.4, -0.2) is 25.1 Å². The van der Waals surface area contributed by atoms with E-state index >= 15 is 0 Å². The Balaban J connectivity index is 1.55. The van der Waals surface area contributed by atoms with Crippen LogP contribution >= 0.6 is 0 Å². The third kappa shape index (κ3) is 7.08. The van der Waals surface area contributed by atoms with Gasteiger partial charge in [0.2, 0.25) is 0 Å². The summed E-state index contributed by atoms with van der Waals surface area (Å²) >= 11 is 0. The summed E-state index contributed by atoms with van der Waals surface area (Å²) in [6, 6.07) is 17.2. The molecule has 1 aliphatic heterocycles. The lowest BCUT2D eigenvalue weighted by Gasteiger charge is -2.37. The van der Waals surface area contributed by atoms with Gasteiger partial charge >= 0.3 is 0 Å². The minimum Gasteiger partial charge on any atom is -0.376 e. The predicted octanol–water partition coefficient (Wildman–Crippen LogP) is 8.24. The van der Waals surface area contributed by atoms with Crippen molar-refractivity contribution in [3.8, 4) is 12.3 Å². The van der Waals surface area contributed by atoms with Crippen molar-refractivity contribution in [2.45, 2.75) is 52.1 Å². The fraction of sp³-hybridized carbons (Fsp3) is 0.361. The Hall–Kier alpha value is -3.50. The molecule has 2 heteroatoms. The van der Waals surface area contributed by atoms with Gasteiger partial charge in [-0.3, -0.25) is 0 Å². The average molecular weight is 504 g/mol. The summed E-state index contributed by atoms with van der Waals surface area (Å²) in [4.78, 5) is 2.56. The first-order valence-electron chi connectivity index (χ1n) is 13.9.